The maximum atomic E-state index is 12.1. The van der Waals surface area contributed by atoms with Crippen molar-refractivity contribution in [2.45, 2.75) is 64.8 Å². The molecule has 1 aromatic heterocycles. The molecule has 0 saturated carbocycles. The van der Waals surface area contributed by atoms with E-state index in [4.69, 9.17) is 4.74 Å². The van der Waals surface area contributed by atoms with E-state index in [9.17, 15) is 9.59 Å². The molecular formula is C16H25N3O3. The van der Waals surface area contributed by atoms with Crippen molar-refractivity contribution in [1.82, 2.24) is 15.6 Å². The Kier molecular flexibility index (Phi) is 4.33. The van der Waals surface area contributed by atoms with Crippen molar-refractivity contribution in [2.75, 3.05) is 0 Å². The maximum absolute atomic E-state index is 12.1. The number of hydrogen-bond acceptors (Lipinski definition) is 3. The fourth-order valence-corrected chi connectivity index (χ4v) is 2.96. The number of aromatic nitrogens is 1. The van der Waals surface area contributed by atoms with E-state index in [1.165, 1.54) is 0 Å². The molecule has 6 nitrogen and oxygen atoms in total. The van der Waals surface area contributed by atoms with Gasteiger partial charge in [0.25, 0.3) is 5.56 Å². The van der Waals surface area contributed by atoms with Gasteiger partial charge in [-0.1, -0.05) is 0 Å². The van der Waals surface area contributed by atoms with E-state index in [1.54, 1.807) is 12.3 Å². The van der Waals surface area contributed by atoms with Gasteiger partial charge in [0.05, 0.1) is 17.2 Å². The highest BCUT2D eigenvalue weighted by Gasteiger charge is 2.46. The molecule has 0 radical (unpaired) electrons. The number of aryl methyl sites for hydroxylation is 1. The molecule has 122 valence electrons. The van der Waals surface area contributed by atoms with Gasteiger partial charge in [0, 0.05) is 18.3 Å². The summed E-state index contributed by atoms with van der Waals surface area (Å²) < 4.78 is 5.95. The minimum atomic E-state index is -0.415. The SMILES string of the molecule is Cc1c[nH]c(=O)c(CNC(=O)NC2CC(C)(C)OC2(C)C)c1. The molecule has 1 saturated heterocycles. The number of carbonyl (C=O) groups excluding carboxylic acids is 1. The van der Waals surface area contributed by atoms with E-state index in [-0.39, 0.29) is 29.8 Å². The van der Waals surface area contributed by atoms with Gasteiger partial charge in [-0.3, -0.25) is 4.79 Å². The first-order valence-electron chi connectivity index (χ1n) is 7.52. The zero-order valence-corrected chi connectivity index (χ0v) is 13.9. The second-order valence-electron chi connectivity index (χ2n) is 7.08. The summed E-state index contributed by atoms with van der Waals surface area (Å²) in [5, 5.41) is 5.68. The Balaban J connectivity index is 1.94. The van der Waals surface area contributed by atoms with Gasteiger partial charge in [-0.15, -0.1) is 0 Å². The number of aromatic amines is 1. The molecule has 2 amide bonds. The highest BCUT2D eigenvalue weighted by molar-refractivity contribution is 5.74. The summed E-state index contributed by atoms with van der Waals surface area (Å²) in [7, 11) is 0. The molecule has 0 spiro atoms. The number of amides is 2. The normalized spacial score (nSPS) is 22.3. The Hall–Kier alpha value is -1.82. The number of pyridine rings is 1. The third kappa shape index (κ3) is 3.88. The highest BCUT2D eigenvalue weighted by atomic mass is 16.5. The number of nitrogens with one attached hydrogen (secondary N) is 3. The molecule has 1 atom stereocenters. The molecule has 0 aromatic carbocycles. The molecule has 1 unspecified atom stereocenters. The first-order chi connectivity index (χ1) is 10.1. The van der Waals surface area contributed by atoms with Crippen LogP contribution in [0, 0.1) is 6.92 Å². The van der Waals surface area contributed by atoms with E-state index >= 15 is 0 Å². The van der Waals surface area contributed by atoms with E-state index in [1.807, 2.05) is 34.6 Å². The van der Waals surface area contributed by atoms with Crippen molar-refractivity contribution in [3.63, 3.8) is 0 Å². The second kappa shape index (κ2) is 5.76. The molecule has 6 heteroatoms. The zero-order chi connectivity index (χ0) is 16.5. The molecule has 0 bridgehead atoms. The highest BCUT2D eigenvalue weighted by Crippen LogP contribution is 2.37. The van der Waals surface area contributed by atoms with Gasteiger partial charge < -0.3 is 20.4 Å². The summed E-state index contributed by atoms with van der Waals surface area (Å²) >= 11 is 0. The van der Waals surface area contributed by atoms with Gasteiger partial charge in [0.2, 0.25) is 0 Å². The van der Waals surface area contributed by atoms with Crippen LogP contribution in [0.25, 0.3) is 0 Å². The largest absolute Gasteiger partial charge is 0.367 e. The fraction of sp³-hybridized carbons (Fsp3) is 0.625. The molecule has 3 N–H and O–H groups in total. The number of carbonyl (C=O) groups is 1. The van der Waals surface area contributed by atoms with Gasteiger partial charge in [-0.2, -0.15) is 0 Å². The molecule has 1 aliphatic heterocycles. The molecule has 22 heavy (non-hydrogen) atoms. The van der Waals surface area contributed by atoms with Crippen LogP contribution >= 0.6 is 0 Å². The molecule has 1 fully saturated rings. The summed E-state index contributed by atoms with van der Waals surface area (Å²) in [5.41, 5.74) is 0.634. The van der Waals surface area contributed by atoms with E-state index in [0.29, 0.717) is 5.56 Å². The molecule has 0 aliphatic carbocycles. The smallest absolute Gasteiger partial charge is 0.315 e. The topological polar surface area (TPSA) is 83.2 Å². The standard InChI is InChI=1S/C16H25N3O3/c1-10-6-11(13(20)17-8-10)9-18-14(21)19-12-7-15(2,3)22-16(12,4)5/h6,8,12H,7,9H2,1-5H3,(H,17,20)(H2,18,19,21). The van der Waals surface area contributed by atoms with Crippen LogP contribution in [0.3, 0.4) is 0 Å². The van der Waals surface area contributed by atoms with Crippen LogP contribution in [0.5, 0.6) is 0 Å². The van der Waals surface area contributed by atoms with Crippen LogP contribution in [0.15, 0.2) is 17.1 Å². The van der Waals surface area contributed by atoms with E-state index < -0.39 is 5.60 Å². The van der Waals surface area contributed by atoms with Gasteiger partial charge in [-0.05, 0) is 52.7 Å². The number of hydrogen-bond donors (Lipinski definition) is 3. The summed E-state index contributed by atoms with van der Waals surface area (Å²) in [6, 6.07) is 1.41. The van der Waals surface area contributed by atoms with Crippen LogP contribution in [-0.4, -0.2) is 28.3 Å². The summed E-state index contributed by atoms with van der Waals surface area (Å²) in [5.74, 6) is 0. The van der Waals surface area contributed by atoms with Crippen molar-refractivity contribution in [3.05, 3.63) is 33.7 Å². The second-order valence-corrected chi connectivity index (χ2v) is 7.08. The van der Waals surface area contributed by atoms with Gasteiger partial charge in [-0.25, -0.2) is 4.79 Å². The first-order valence-corrected chi connectivity index (χ1v) is 7.52. The third-order valence-electron chi connectivity index (χ3n) is 3.94. The molecule has 2 heterocycles. The Morgan fingerprint density at radius 1 is 1.41 bits per heavy atom. The fourth-order valence-electron chi connectivity index (χ4n) is 2.96. The van der Waals surface area contributed by atoms with Crippen molar-refractivity contribution < 1.29 is 9.53 Å². The maximum Gasteiger partial charge on any atom is 0.315 e. The predicted octanol–water partition coefficient (Wildman–Crippen LogP) is 1.83. The average Bonchev–Trinajstić information content (AvgIpc) is 2.58. The van der Waals surface area contributed by atoms with Crippen LogP contribution < -0.4 is 16.2 Å². The minimum absolute atomic E-state index is 0.0710. The van der Waals surface area contributed by atoms with Crippen LogP contribution in [0.1, 0.15) is 45.2 Å². The third-order valence-corrected chi connectivity index (χ3v) is 3.94. The summed E-state index contributed by atoms with van der Waals surface area (Å²) in [4.78, 5) is 26.4. The lowest BCUT2D eigenvalue weighted by Crippen LogP contribution is -2.49. The predicted molar refractivity (Wildman–Crippen MR) is 84.8 cm³/mol. The first kappa shape index (κ1) is 16.5. The molecule has 2 rings (SSSR count). The summed E-state index contributed by atoms with van der Waals surface area (Å²) in [6.07, 6.45) is 2.39. The zero-order valence-electron chi connectivity index (χ0n) is 13.9. The molecular weight excluding hydrogens is 282 g/mol. The van der Waals surface area contributed by atoms with Crippen LogP contribution in [0.4, 0.5) is 4.79 Å². The summed E-state index contributed by atoms with van der Waals surface area (Å²) in [6.45, 7) is 10.1. The quantitative estimate of drug-likeness (QED) is 0.796. The number of urea groups is 1. The molecule has 1 aliphatic rings. The molecule has 1 aromatic rings. The Bertz CT molecular complexity index is 619. The van der Waals surface area contributed by atoms with Crippen molar-refractivity contribution >= 4 is 6.03 Å². The van der Waals surface area contributed by atoms with Gasteiger partial charge >= 0.3 is 6.03 Å². The minimum Gasteiger partial charge on any atom is -0.367 e. The average molecular weight is 307 g/mol. The lowest BCUT2D eigenvalue weighted by molar-refractivity contribution is -0.0690. The Labute approximate surface area is 130 Å². The Morgan fingerprint density at radius 3 is 2.68 bits per heavy atom. The lowest BCUT2D eigenvalue weighted by Gasteiger charge is -2.27. The van der Waals surface area contributed by atoms with Crippen LogP contribution in [0.2, 0.25) is 0 Å². The van der Waals surface area contributed by atoms with Gasteiger partial charge in [0.1, 0.15) is 0 Å². The van der Waals surface area contributed by atoms with E-state index in [0.717, 1.165) is 12.0 Å². The number of H-pyrrole nitrogens is 1. The van der Waals surface area contributed by atoms with E-state index in [2.05, 4.69) is 15.6 Å². The number of rotatable bonds is 3. The van der Waals surface area contributed by atoms with Crippen molar-refractivity contribution in [1.29, 1.82) is 0 Å². The van der Waals surface area contributed by atoms with Crippen molar-refractivity contribution in [3.8, 4) is 0 Å². The number of ether oxygens (including phenoxy) is 1. The Morgan fingerprint density at radius 2 is 2.09 bits per heavy atom. The monoisotopic (exact) mass is 307 g/mol. The van der Waals surface area contributed by atoms with Gasteiger partial charge in [0.15, 0.2) is 0 Å². The van der Waals surface area contributed by atoms with Crippen LogP contribution in [-0.2, 0) is 11.3 Å². The van der Waals surface area contributed by atoms with Crippen molar-refractivity contribution in [2.24, 2.45) is 0 Å². The lowest BCUT2D eigenvalue weighted by atomic mass is 9.95.